The van der Waals surface area contributed by atoms with Crippen LogP contribution >= 0.6 is 0 Å². The summed E-state index contributed by atoms with van der Waals surface area (Å²) in [5, 5.41) is 8.59. The van der Waals surface area contributed by atoms with Gasteiger partial charge in [-0.1, -0.05) is 39.8 Å². The van der Waals surface area contributed by atoms with Crippen LogP contribution in [-0.4, -0.2) is 0 Å². The number of benzene rings is 1. The molecule has 0 atom stereocenters. The molecule has 1 aromatic rings. The van der Waals surface area contributed by atoms with Crippen molar-refractivity contribution in [1.82, 2.24) is 0 Å². The van der Waals surface area contributed by atoms with Gasteiger partial charge in [-0.15, -0.1) is 0 Å². The third-order valence-electron chi connectivity index (χ3n) is 1.51. The molecule has 0 radical (unpaired) electrons. The maximum atomic E-state index is 8.59. The van der Waals surface area contributed by atoms with Gasteiger partial charge in [-0.05, 0) is 31.0 Å². The second-order valence-electron chi connectivity index (χ2n) is 2.43. The predicted molar refractivity (Wildman–Crippen MR) is 63.3 cm³/mol. The maximum absolute atomic E-state index is 8.59. The second-order valence-corrected chi connectivity index (χ2v) is 2.43. The van der Waals surface area contributed by atoms with Crippen molar-refractivity contribution in [1.29, 1.82) is 5.26 Å². The predicted octanol–water partition coefficient (Wildman–Crippen LogP) is 4.23. The number of hydrogen-bond donors (Lipinski definition) is 0. The fraction of sp³-hybridized carbons (Fsp3) is 0.462. The highest BCUT2D eigenvalue weighted by atomic mass is 14.2. The first kappa shape index (κ1) is 15.2. The smallest absolute Gasteiger partial charge is 0.0994 e. The summed E-state index contributed by atoms with van der Waals surface area (Å²) >= 11 is 0. The molecule has 1 heteroatoms. The summed E-state index contributed by atoms with van der Waals surface area (Å²) in [5.41, 5.74) is 2.97. The zero-order valence-corrected chi connectivity index (χ0v) is 10.2. The topological polar surface area (TPSA) is 23.8 Å². The lowest BCUT2D eigenvalue weighted by atomic mass is 10.1. The SMILES string of the molecule is CC.CC.Cc1ccc(C)c(C#N)c1. The molecule has 0 aliphatic carbocycles. The largest absolute Gasteiger partial charge is 0.192 e. The highest BCUT2D eigenvalue weighted by Gasteiger charge is 1.94. The van der Waals surface area contributed by atoms with Crippen LogP contribution < -0.4 is 0 Å². The summed E-state index contributed by atoms with van der Waals surface area (Å²) in [4.78, 5) is 0. The van der Waals surface area contributed by atoms with E-state index in [0.29, 0.717) is 0 Å². The molecule has 0 fully saturated rings. The fourth-order valence-electron chi connectivity index (χ4n) is 0.856. The maximum Gasteiger partial charge on any atom is 0.0994 e. The molecule has 78 valence electrons. The Morgan fingerprint density at radius 1 is 1.00 bits per heavy atom. The molecule has 0 aromatic heterocycles. The zero-order chi connectivity index (χ0) is 11.6. The minimum Gasteiger partial charge on any atom is -0.192 e. The lowest BCUT2D eigenvalue weighted by Crippen LogP contribution is -1.81. The average molecular weight is 191 g/mol. The minimum atomic E-state index is 0.778. The molecule has 0 aliphatic rings. The van der Waals surface area contributed by atoms with Crippen LogP contribution in [0.4, 0.5) is 0 Å². The summed E-state index contributed by atoms with van der Waals surface area (Å²) < 4.78 is 0. The first-order valence-electron chi connectivity index (χ1n) is 5.21. The van der Waals surface area contributed by atoms with Crippen LogP contribution in [0.15, 0.2) is 18.2 Å². The molecule has 0 saturated heterocycles. The Balaban J connectivity index is 0. The van der Waals surface area contributed by atoms with E-state index in [2.05, 4.69) is 6.07 Å². The third kappa shape index (κ3) is 5.37. The molecule has 0 unspecified atom stereocenters. The molecular formula is C13H21N. The molecule has 0 spiro atoms. The highest BCUT2D eigenvalue weighted by molar-refractivity contribution is 5.39. The summed E-state index contributed by atoms with van der Waals surface area (Å²) in [6.07, 6.45) is 0. The average Bonchev–Trinajstić information content (AvgIpc) is 2.27. The van der Waals surface area contributed by atoms with E-state index in [1.165, 1.54) is 0 Å². The van der Waals surface area contributed by atoms with Crippen molar-refractivity contribution in [3.8, 4) is 6.07 Å². The highest BCUT2D eigenvalue weighted by Crippen LogP contribution is 2.08. The van der Waals surface area contributed by atoms with Crippen molar-refractivity contribution in [3.63, 3.8) is 0 Å². The van der Waals surface area contributed by atoms with Crippen molar-refractivity contribution in [3.05, 3.63) is 34.9 Å². The molecule has 0 bridgehead atoms. The second kappa shape index (κ2) is 9.80. The molecule has 0 saturated carbocycles. The van der Waals surface area contributed by atoms with Crippen LogP contribution in [0.25, 0.3) is 0 Å². The third-order valence-corrected chi connectivity index (χ3v) is 1.51. The van der Waals surface area contributed by atoms with Crippen molar-refractivity contribution in [2.45, 2.75) is 41.5 Å². The van der Waals surface area contributed by atoms with Gasteiger partial charge in [0.05, 0.1) is 11.6 Å². The van der Waals surface area contributed by atoms with Crippen LogP contribution in [-0.2, 0) is 0 Å². The molecule has 0 N–H and O–H groups in total. The monoisotopic (exact) mass is 191 g/mol. The van der Waals surface area contributed by atoms with Gasteiger partial charge in [-0.3, -0.25) is 0 Å². The number of rotatable bonds is 0. The van der Waals surface area contributed by atoms with Gasteiger partial charge in [0.2, 0.25) is 0 Å². The van der Waals surface area contributed by atoms with E-state index in [-0.39, 0.29) is 0 Å². The molecule has 0 amide bonds. The van der Waals surface area contributed by atoms with E-state index in [4.69, 9.17) is 5.26 Å². The Kier molecular flexibility index (Phi) is 10.6. The van der Waals surface area contributed by atoms with Gasteiger partial charge in [0, 0.05) is 0 Å². The number of nitrogens with zero attached hydrogens (tertiary/aromatic N) is 1. The van der Waals surface area contributed by atoms with Gasteiger partial charge in [0.25, 0.3) is 0 Å². The van der Waals surface area contributed by atoms with Gasteiger partial charge in [0.15, 0.2) is 0 Å². The fourth-order valence-corrected chi connectivity index (χ4v) is 0.856. The van der Waals surface area contributed by atoms with Crippen LogP contribution in [0.3, 0.4) is 0 Å². The van der Waals surface area contributed by atoms with Gasteiger partial charge in [0.1, 0.15) is 0 Å². The lowest BCUT2D eigenvalue weighted by Gasteiger charge is -1.96. The quantitative estimate of drug-likeness (QED) is 0.602. The van der Waals surface area contributed by atoms with Gasteiger partial charge >= 0.3 is 0 Å². The Morgan fingerprint density at radius 2 is 1.50 bits per heavy atom. The van der Waals surface area contributed by atoms with Crippen molar-refractivity contribution >= 4 is 0 Å². The first-order chi connectivity index (χ1) is 6.74. The summed E-state index contributed by atoms with van der Waals surface area (Å²) in [6, 6.07) is 8.01. The van der Waals surface area contributed by atoms with Crippen molar-refractivity contribution in [2.24, 2.45) is 0 Å². The number of aryl methyl sites for hydroxylation is 2. The van der Waals surface area contributed by atoms with E-state index in [9.17, 15) is 0 Å². The first-order valence-corrected chi connectivity index (χ1v) is 5.21. The van der Waals surface area contributed by atoms with E-state index in [1.54, 1.807) is 0 Å². The molecule has 0 heterocycles. The minimum absolute atomic E-state index is 0.778. The van der Waals surface area contributed by atoms with Gasteiger partial charge in [-0.2, -0.15) is 5.26 Å². The molecule has 1 aromatic carbocycles. The lowest BCUT2D eigenvalue weighted by molar-refractivity contribution is 1.35. The van der Waals surface area contributed by atoms with Crippen LogP contribution in [0.2, 0.25) is 0 Å². The molecule has 0 aliphatic heterocycles. The van der Waals surface area contributed by atoms with Gasteiger partial charge in [-0.25, -0.2) is 0 Å². The summed E-state index contributed by atoms with van der Waals surface area (Å²) in [6.45, 7) is 11.9. The number of nitriles is 1. The molecule has 1 nitrogen and oxygen atoms in total. The summed E-state index contributed by atoms with van der Waals surface area (Å²) in [7, 11) is 0. The van der Waals surface area contributed by atoms with Crippen molar-refractivity contribution in [2.75, 3.05) is 0 Å². The van der Waals surface area contributed by atoms with E-state index >= 15 is 0 Å². The van der Waals surface area contributed by atoms with Crippen LogP contribution in [0.1, 0.15) is 44.4 Å². The Hall–Kier alpha value is -1.29. The van der Waals surface area contributed by atoms with E-state index in [0.717, 1.165) is 16.7 Å². The van der Waals surface area contributed by atoms with Gasteiger partial charge < -0.3 is 0 Å². The molecule has 1 rings (SSSR count). The molecule has 14 heavy (non-hydrogen) atoms. The summed E-state index contributed by atoms with van der Waals surface area (Å²) in [5.74, 6) is 0. The van der Waals surface area contributed by atoms with Crippen LogP contribution in [0, 0.1) is 25.2 Å². The zero-order valence-electron chi connectivity index (χ0n) is 10.2. The standard InChI is InChI=1S/C9H9N.2C2H6/c1-7-3-4-8(2)9(5-7)6-10;2*1-2/h3-5H,1-2H3;2*1-2H3. The Bertz CT molecular complexity index is 282. The van der Waals surface area contributed by atoms with E-state index in [1.807, 2.05) is 59.7 Å². The van der Waals surface area contributed by atoms with E-state index < -0.39 is 0 Å². The Labute approximate surface area is 88.4 Å². The van der Waals surface area contributed by atoms with Crippen LogP contribution in [0.5, 0.6) is 0 Å². The van der Waals surface area contributed by atoms with Crippen molar-refractivity contribution < 1.29 is 0 Å². The Morgan fingerprint density at radius 3 is 1.86 bits per heavy atom. The number of hydrogen-bond acceptors (Lipinski definition) is 1. The molecular weight excluding hydrogens is 170 g/mol. The normalized spacial score (nSPS) is 7.21.